The summed E-state index contributed by atoms with van der Waals surface area (Å²) in [6.45, 7) is 2.81. The number of carbonyl (C=O) groups excluding carboxylic acids is 3. The van der Waals surface area contributed by atoms with E-state index in [0.717, 1.165) is 19.3 Å². The number of nitrogens with one attached hydrogen (secondary N) is 2. The van der Waals surface area contributed by atoms with Crippen molar-refractivity contribution in [1.29, 1.82) is 0 Å². The Morgan fingerprint density at radius 1 is 1.19 bits per heavy atom. The second kappa shape index (κ2) is 6.89. The molecule has 7 nitrogen and oxygen atoms in total. The minimum Gasteiger partial charge on any atom is -0.343 e. The van der Waals surface area contributed by atoms with Gasteiger partial charge in [-0.25, -0.2) is 0 Å². The van der Waals surface area contributed by atoms with Crippen molar-refractivity contribution in [2.24, 2.45) is 5.73 Å². The van der Waals surface area contributed by atoms with Crippen LogP contribution in [-0.2, 0) is 14.4 Å². The van der Waals surface area contributed by atoms with Gasteiger partial charge >= 0.3 is 0 Å². The molecule has 0 bridgehead atoms. The zero-order chi connectivity index (χ0) is 15.4. The van der Waals surface area contributed by atoms with Gasteiger partial charge in [0, 0.05) is 6.54 Å². The van der Waals surface area contributed by atoms with Crippen LogP contribution < -0.4 is 16.4 Å². The van der Waals surface area contributed by atoms with Gasteiger partial charge in [-0.3, -0.25) is 14.4 Å². The molecule has 3 amide bonds. The first-order valence-corrected chi connectivity index (χ1v) is 7.66. The number of amides is 3. The van der Waals surface area contributed by atoms with E-state index >= 15 is 0 Å². The molecule has 2 saturated heterocycles. The summed E-state index contributed by atoms with van der Waals surface area (Å²) in [5.74, 6) is -0.686. The molecule has 2 heterocycles. The molecule has 0 aliphatic carbocycles. The van der Waals surface area contributed by atoms with Gasteiger partial charge in [0.2, 0.25) is 17.7 Å². The molecule has 7 heteroatoms. The SMILES string of the molecule is C[C@H]1NC(=O)[C@H](CCCCN)NC(=O)[C@@H]2CCCN2C1=O. The summed E-state index contributed by atoms with van der Waals surface area (Å²) < 4.78 is 0. The van der Waals surface area contributed by atoms with Crippen LogP contribution >= 0.6 is 0 Å². The van der Waals surface area contributed by atoms with E-state index in [9.17, 15) is 14.4 Å². The number of hydrogen-bond donors (Lipinski definition) is 3. The summed E-state index contributed by atoms with van der Waals surface area (Å²) in [5, 5.41) is 5.50. The topological polar surface area (TPSA) is 105 Å². The van der Waals surface area contributed by atoms with Gasteiger partial charge < -0.3 is 21.3 Å². The lowest BCUT2D eigenvalue weighted by atomic mass is 10.1. The Morgan fingerprint density at radius 2 is 1.95 bits per heavy atom. The average Bonchev–Trinajstić information content (AvgIpc) is 2.94. The summed E-state index contributed by atoms with van der Waals surface area (Å²) in [5.41, 5.74) is 5.46. The zero-order valence-electron chi connectivity index (χ0n) is 12.4. The lowest BCUT2D eigenvalue weighted by molar-refractivity contribution is -0.139. The molecule has 2 aliphatic heterocycles. The molecular formula is C14H24N4O3. The first-order valence-electron chi connectivity index (χ1n) is 7.66. The molecule has 2 fully saturated rings. The van der Waals surface area contributed by atoms with Crippen molar-refractivity contribution < 1.29 is 14.4 Å². The van der Waals surface area contributed by atoms with Crippen LogP contribution in [0.25, 0.3) is 0 Å². The molecule has 21 heavy (non-hydrogen) atoms. The Hall–Kier alpha value is -1.63. The van der Waals surface area contributed by atoms with Crippen molar-refractivity contribution in [2.45, 2.75) is 57.2 Å². The molecule has 0 radical (unpaired) electrons. The maximum Gasteiger partial charge on any atom is 0.245 e. The predicted octanol–water partition coefficient (Wildman–Crippen LogP) is -0.890. The molecule has 0 aromatic rings. The molecule has 118 valence electrons. The fourth-order valence-electron chi connectivity index (χ4n) is 2.96. The van der Waals surface area contributed by atoms with Gasteiger partial charge in [-0.2, -0.15) is 0 Å². The van der Waals surface area contributed by atoms with E-state index in [2.05, 4.69) is 10.6 Å². The largest absolute Gasteiger partial charge is 0.343 e. The molecule has 0 spiro atoms. The highest BCUT2D eigenvalue weighted by Gasteiger charge is 2.39. The fraction of sp³-hybridized carbons (Fsp3) is 0.786. The predicted molar refractivity (Wildman–Crippen MR) is 77.2 cm³/mol. The third-order valence-electron chi connectivity index (χ3n) is 4.15. The number of nitrogens with two attached hydrogens (primary N) is 1. The Kier molecular flexibility index (Phi) is 5.17. The van der Waals surface area contributed by atoms with E-state index in [1.165, 1.54) is 0 Å². The lowest BCUT2D eigenvalue weighted by Crippen LogP contribution is -2.50. The molecule has 3 atom stereocenters. The molecule has 0 saturated carbocycles. The molecule has 4 N–H and O–H groups in total. The van der Waals surface area contributed by atoms with Crippen molar-refractivity contribution in [1.82, 2.24) is 15.5 Å². The zero-order valence-corrected chi connectivity index (χ0v) is 12.4. The van der Waals surface area contributed by atoms with E-state index in [-0.39, 0.29) is 17.7 Å². The van der Waals surface area contributed by atoms with Gasteiger partial charge in [0.05, 0.1) is 0 Å². The molecular weight excluding hydrogens is 272 g/mol. The van der Waals surface area contributed by atoms with E-state index in [1.807, 2.05) is 0 Å². The normalized spacial score (nSPS) is 30.1. The van der Waals surface area contributed by atoms with Crippen molar-refractivity contribution in [3.63, 3.8) is 0 Å². The first-order chi connectivity index (χ1) is 10.0. The number of hydrogen-bond acceptors (Lipinski definition) is 4. The third kappa shape index (κ3) is 3.53. The maximum atomic E-state index is 12.3. The number of unbranched alkanes of at least 4 members (excludes halogenated alkanes) is 1. The highest BCUT2D eigenvalue weighted by Crippen LogP contribution is 2.20. The van der Waals surface area contributed by atoms with E-state index in [0.29, 0.717) is 25.9 Å². The summed E-state index contributed by atoms with van der Waals surface area (Å²) in [7, 11) is 0. The lowest BCUT2D eigenvalue weighted by Gasteiger charge is -2.25. The van der Waals surface area contributed by atoms with Gasteiger partial charge in [0.1, 0.15) is 18.1 Å². The standard InChI is InChI=1S/C14H24N4O3/c1-9-14(21)18-8-4-6-11(18)13(20)17-10(12(19)16-9)5-2-3-7-15/h9-11H,2-8,15H2,1H3,(H,16,19)(H,17,20)/t9-,10+,11+/m1/s1. The average molecular weight is 296 g/mol. The van der Waals surface area contributed by atoms with Crippen LogP contribution in [0.1, 0.15) is 39.0 Å². The highest BCUT2D eigenvalue weighted by molar-refractivity contribution is 5.97. The van der Waals surface area contributed by atoms with Gasteiger partial charge in [-0.05, 0) is 45.6 Å². The van der Waals surface area contributed by atoms with Gasteiger partial charge in [0.25, 0.3) is 0 Å². The van der Waals surface area contributed by atoms with Crippen molar-refractivity contribution in [3.05, 3.63) is 0 Å². The number of rotatable bonds is 4. The van der Waals surface area contributed by atoms with E-state index in [1.54, 1.807) is 11.8 Å². The summed E-state index contributed by atoms with van der Waals surface area (Å²) in [6.07, 6.45) is 3.61. The minimum absolute atomic E-state index is 0.177. The van der Waals surface area contributed by atoms with Crippen LogP contribution in [0.3, 0.4) is 0 Å². The second-order valence-electron chi connectivity index (χ2n) is 5.77. The van der Waals surface area contributed by atoms with Crippen molar-refractivity contribution >= 4 is 17.7 Å². The van der Waals surface area contributed by atoms with E-state index < -0.39 is 18.1 Å². The van der Waals surface area contributed by atoms with Crippen LogP contribution in [-0.4, -0.2) is 53.8 Å². The molecule has 0 unspecified atom stereocenters. The Balaban J connectivity index is 2.13. The Labute approximate surface area is 124 Å². The van der Waals surface area contributed by atoms with Crippen LogP contribution in [0.2, 0.25) is 0 Å². The summed E-state index contributed by atoms with van der Waals surface area (Å²) >= 11 is 0. The number of fused-ring (bicyclic) bond motifs is 1. The number of carbonyl (C=O) groups is 3. The van der Waals surface area contributed by atoms with Gasteiger partial charge in [-0.15, -0.1) is 0 Å². The number of nitrogens with zero attached hydrogens (tertiary/aromatic N) is 1. The Morgan fingerprint density at radius 3 is 2.67 bits per heavy atom. The van der Waals surface area contributed by atoms with Crippen LogP contribution in [0.15, 0.2) is 0 Å². The molecule has 2 rings (SSSR count). The van der Waals surface area contributed by atoms with Crippen molar-refractivity contribution in [3.8, 4) is 0 Å². The van der Waals surface area contributed by atoms with Crippen LogP contribution in [0, 0.1) is 0 Å². The summed E-state index contributed by atoms with van der Waals surface area (Å²) in [6, 6.07) is -1.62. The van der Waals surface area contributed by atoms with Crippen LogP contribution in [0.5, 0.6) is 0 Å². The Bertz CT molecular complexity index is 426. The summed E-state index contributed by atoms with van der Waals surface area (Å²) in [4.78, 5) is 38.4. The molecule has 0 aromatic carbocycles. The first kappa shape index (κ1) is 15.8. The molecule has 0 aromatic heterocycles. The maximum absolute atomic E-state index is 12.3. The minimum atomic E-state index is -0.595. The van der Waals surface area contributed by atoms with Crippen LogP contribution in [0.4, 0.5) is 0 Å². The molecule has 2 aliphatic rings. The monoisotopic (exact) mass is 296 g/mol. The smallest absolute Gasteiger partial charge is 0.245 e. The van der Waals surface area contributed by atoms with Crippen molar-refractivity contribution in [2.75, 3.05) is 13.1 Å². The fourth-order valence-corrected chi connectivity index (χ4v) is 2.96. The van der Waals surface area contributed by atoms with Gasteiger partial charge in [-0.1, -0.05) is 0 Å². The van der Waals surface area contributed by atoms with E-state index in [4.69, 9.17) is 5.73 Å². The highest BCUT2D eigenvalue weighted by atomic mass is 16.2. The quantitative estimate of drug-likeness (QED) is 0.585. The second-order valence-corrected chi connectivity index (χ2v) is 5.77. The van der Waals surface area contributed by atoms with Gasteiger partial charge in [0.15, 0.2) is 0 Å². The third-order valence-corrected chi connectivity index (χ3v) is 4.15.